The van der Waals surface area contributed by atoms with Crippen molar-refractivity contribution < 1.29 is 9.59 Å². The van der Waals surface area contributed by atoms with Gasteiger partial charge < -0.3 is 10.6 Å². The lowest BCUT2D eigenvalue weighted by Crippen LogP contribution is -2.43. The van der Waals surface area contributed by atoms with Crippen LogP contribution in [0, 0.1) is 0 Å². The third-order valence-corrected chi connectivity index (χ3v) is 4.43. The number of carbonyl (C=O) groups excluding carboxylic acids is 2. The maximum atomic E-state index is 12.3. The molecular weight excluding hydrogens is 304 g/mol. The molecule has 2 N–H and O–H groups in total. The van der Waals surface area contributed by atoms with E-state index in [2.05, 4.69) is 10.6 Å². The van der Waals surface area contributed by atoms with E-state index in [0.717, 1.165) is 11.1 Å². The standard InChI is InChI=1S/C18H18N4O2/c23-17-20-16-15(21(17)11-13-7-3-1-4-8-13)19-18(24)22(16)12-14-9-5-2-6-10-14/h1-10,15-16H,11-12H2,(H,19,24)(H,20,23). The number of carbonyl (C=O) groups is 2. The zero-order valence-corrected chi connectivity index (χ0v) is 13.1. The van der Waals surface area contributed by atoms with Gasteiger partial charge in [0, 0.05) is 13.1 Å². The van der Waals surface area contributed by atoms with Crippen LogP contribution in [-0.2, 0) is 13.1 Å². The van der Waals surface area contributed by atoms with Gasteiger partial charge in [0.25, 0.3) is 0 Å². The lowest BCUT2D eigenvalue weighted by Gasteiger charge is -2.22. The van der Waals surface area contributed by atoms with Crippen molar-refractivity contribution in [3.8, 4) is 0 Å². The van der Waals surface area contributed by atoms with Crippen LogP contribution in [0.3, 0.4) is 0 Å². The van der Waals surface area contributed by atoms with Gasteiger partial charge >= 0.3 is 12.1 Å². The Labute approximate surface area is 140 Å². The van der Waals surface area contributed by atoms with E-state index < -0.39 is 0 Å². The molecule has 2 saturated heterocycles. The van der Waals surface area contributed by atoms with Gasteiger partial charge in [-0.05, 0) is 11.1 Å². The average molecular weight is 322 g/mol. The van der Waals surface area contributed by atoms with Crippen LogP contribution in [0.2, 0.25) is 0 Å². The summed E-state index contributed by atoms with van der Waals surface area (Å²) in [6, 6.07) is 19.2. The molecule has 2 aliphatic rings. The first-order valence-corrected chi connectivity index (χ1v) is 7.94. The van der Waals surface area contributed by atoms with Gasteiger partial charge in [0.05, 0.1) is 0 Å². The van der Waals surface area contributed by atoms with Crippen LogP contribution in [0.1, 0.15) is 11.1 Å². The molecule has 0 radical (unpaired) electrons. The van der Waals surface area contributed by atoms with E-state index in [0.29, 0.717) is 13.1 Å². The molecule has 24 heavy (non-hydrogen) atoms. The van der Waals surface area contributed by atoms with Crippen LogP contribution in [0.25, 0.3) is 0 Å². The Hall–Kier alpha value is -3.02. The van der Waals surface area contributed by atoms with Gasteiger partial charge in [0.2, 0.25) is 0 Å². The van der Waals surface area contributed by atoms with Crippen molar-refractivity contribution in [2.45, 2.75) is 25.4 Å². The highest BCUT2D eigenvalue weighted by atomic mass is 16.2. The number of amides is 4. The fourth-order valence-corrected chi connectivity index (χ4v) is 3.23. The second-order valence-corrected chi connectivity index (χ2v) is 6.02. The Morgan fingerprint density at radius 3 is 1.42 bits per heavy atom. The molecule has 0 spiro atoms. The predicted octanol–water partition coefficient (Wildman–Crippen LogP) is 2.09. The molecule has 2 aliphatic heterocycles. The zero-order chi connectivity index (χ0) is 16.5. The van der Waals surface area contributed by atoms with Crippen molar-refractivity contribution in [2.24, 2.45) is 0 Å². The SMILES string of the molecule is O=C1NC2C(NC(=O)N2Cc2ccccc2)N1Cc1ccccc1. The summed E-state index contributed by atoms with van der Waals surface area (Å²) in [5, 5.41) is 5.83. The van der Waals surface area contributed by atoms with Crippen LogP contribution >= 0.6 is 0 Å². The number of nitrogens with zero attached hydrogens (tertiary/aromatic N) is 2. The normalized spacial score (nSPS) is 22.3. The molecule has 122 valence electrons. The molecule has 0 saturated carbocycles. The number of hydrogen-bond donors (Lipinski definition) is 2. The first-order chi connectivity index (χ1) is 11.7. The maximum Gasteiger partial charge on any atom is 0.321 e. The zero-order valence-electron chi connectivity index (χ0n) is 13.1. The third kappa shape index (κ3) is 2.56. The molecule has 2 aromatic carbocycles. The van der Waals surface area contributed by atoms with Gasteiger partial charge in [-0.25, -0.2) is 9.59 Å². The summed E-state index contributed by atoms with van der Waals surface area (Å²) in [5.41, 5.74) is 2.06. The van der Waals surface area contributed by atoms with Crippen molar-refractivity contribution in [1.82, 2.24) is 20.4 Å². The molecule has 4 amide bonds. The summed E-state index contributed by atoms with van der Waals surface area (Å²) in [4.78, 5) is 28.0. The molecule has 0 aliphatic carbocycles. The summed E-state index contributed by atoms with van der Waals surface area (Å²) >= 11 is 0. The second kappa shape index (κ2) is 5.88. The van der Waals surface area contributed by atoms with Crippen LogP contribution in [0.4, 0.5) is 9.59 Å². The Kier molecular flexibility index (Phi) is 3.57. The van der Waals surface area contributed by atoms with Crippen LogP contribution in [0.15, 0.2) is 60.7 Å². The summed E-state index contributed by atoms with van der Waals surface area (Å²) < 4.78 is 0. The van der Waals surface area contributed by atoms with Crippen LogP contribution in [-0.4, -0.2) is 34.2 Å². The lowest BCUT2D eigenvalue weighted by atomic mass is 10.2. The molecule has 2 aromatic rings. The average Bonchev–Trinajstić information content (AvgIpc) is 3.06. The summed E-state index contributed by atoms with van der Waals surface area (Å²) in [6.07, 6.45) is -0.706. The van der Waals surface area contributed by atoms with Crippen molar-refractivity contribution in [3.63, 3.8) is 0 Å². The number of rotatable bonds is 4. The van der Waals surface area contributed by atoms with E-state index in [9.17, 15) is 9.59 Å². The molecule has 0 bridgehead atoms. The van der Waals surface area contributed by atoms with Crippen molar-refractivity contribution in [2.75, 3.05) is 0 Å². The topological polar surface area (TPSA) is 64.7 Å². The molecule has 2 atom stereocenters. The first-order valence-electron chi connectivity index (χ1n) is 7.94. The molecule has 6 heteroatoms. The van der Waals surface area contributed by atoms with E-state index in [4.69, 9.17) is 0 Å². The highest BCUT2D eigenvalue weighted by molar-refractivity contribution is 5.84. The van der Waals surface area contributed by atoms with E-state index in [1.165, 1.54) is 0 Å². The highest BCUT2D eigenvalue weighted by Gasteiger charge is 2.50. The smallest absolute Gasteiger partial charge is 0.314 e. The fourth-order valence-electron chi connectivity index (χ4n) is 3.23. The lowest BCUT2D eigenvalue weighted by molar-refractivity contribution is 0.191. The predicted molar refractivity (Wildman–Crippen MR) is 88.6 cm³/mol. The molecular formula is C18H18N4O2. The second-order valence-electron chi connectivity index (χ2n) is 6.02. The quantitative estimate of drug-likeness (QED) is 0.905. The molecule has 2 heterocycles. The number of hydrogen-bond acceptors (Lipinski definition) is 2. The van der Waals surface area contributed by atoms with Crippen molar-refractivity contribution in [3.05, 3.63) is 71.8 Å². The minimum Gasteiger partial charge on any atom is -0.314 e. The molecule has 4 rings (SSSR count). The summed E-state index contributed by atoms with van der Waals surface area (Å²) in [7, 11) is 0. The van der Waals surface area contributed by atoms with Gasteiger partial charge in [-0.2, -0.15) is 0 Å². The van der Waals surface area contributed by atoms with Crippen LogP contribution in [0.5, 0.6) is 0 Å². The minimum absolute atomic E-state index is 0.160. The van der Waals surface area contributed by atoms with Crippen molar-refractivity contribution in [1.29, 1.82) is 0 Å². The molecule has 2 fully saturated rings. The van der Waals surface area contributed by atoms with Gasteiger partial charge in [-0.3, -0.25) is 9.80 Å². The number of benzene rings is 2. The number of urea groups is 2. The Morgan fingerprint density at radius 2 is 1.04 bits per heavy atom. The summed E-state index contributed by atoms with van der Waals surface area (Å²) in [5.74, 6) is 0. The van der Waals surface area contributed by atoms with Crippen molar-refractivity contribution >= 4 is 12.1 Å². The van der Waals surface area contributed by atoms with Gasteiger partial charge in [-0.1, -0.05) is 60.7 Å². The van der Waals surface area contributed by atoms with E-state index in [1.807, 2.05) is 60.7 Å². The molecule has 6 nitrogen and oxygen atoms in total. The summed E-state index contributed by atoms with van der Waals surface area (Å²) in [6.45, 7) is 0.931. The first kappa shape index (κ1) is 14.6. The van der Waals surface area contributed by atoms with E-state index in [-0.39, 0.29) is 24.4 Å². The minimum atomic E-state index is -0.353. The Morgan fingerprint density at radius 1 is 0.667 bits per heavy atom. The third-order valence-electron chi connectivity index (χ3n) is 4.43. The Bertz CT molecular complexity index is 685. The monoisotopic (exact) mass is 322 g/mol. The van der Waals surface area contributed by atoms with E-state index >= 15 is 0 Å². The molecule has 2 unspecified atom stereocenters. The van der Waals surface area contributed by atoms with Gasteiger partial charge in [0.15, 0.2) is 0 Å². The number of fused-ring (bicyclic) bond motifs is 1. The molecule has 0 aromatic heterocycles. The maximum absolute atomic E-state index is 12.3. The van der Waals surface area contributed by atoms with E-state index in [1.54, 1.807) is 9.80 Å². The van der Waals surface area contributed by atoms with Gasteiger partial charge in [0.1, 0.15) is 12.3 Å². The highest BCUT2D eigenvalue weighted by Crippen LogP contribution is 2.24. The fraction of sp³-hybridized carbons (Fsp3) is 0.222. The van der Waals surface area contributed by atoms with Gasteiger partial charge in [-0.15, -0.1) is 0 Å². The number of nitrogens with one attached hydrogen (secondary N) is 2. The Balaban J connectivity index is 1.52. The largest absolute Gasteiger partial charge is 0.321 e. The van der Waals surface area contributed by atoms with Crippen LogP contribution < -0.4 is 10.6 Å².